The van der Waals surface area contributed by atoms with E-state index in [1.54, 1.807) is 32.9 Å². The van der Waals surface area contributed by atoms with Gasteiger partial charge in [0.05, 0.1) is 7.05 Å². The minimum atomic E-state index is -0.522. The summed E-state index contributed by atoms with van der Waals surface area (Å²) in [6, 6.07) is 9.07. The zero-order chi connectivity index (χ0) is 12.2. The summed E-state index contributed by atoms with van der Waals surface area (Å²) in [5.74, 6) is 0.593. The summed E-state index contributed by atoms with van der Waals surface area (Å²) < 4.78 is 5.13. The third-order valence-corrected chi connectivity index (χ3v) is 1.64. The van der Waals surface area contributed by atoms with Gasteiger partial charge in [0.1, 0.15) is 5.60 Å². The average molecular weight is 223 g/mol. The second-order valence-electron chi connectivity index (χ2n) is 4.38. The Bertz CT molecular complexity index is 343. The van der Waals surface area contributed by atoms with Crippen molar-refractivity contribution in [2.45, 2.75) is 26.4 Å². The molecule has 1 aromatic rings. The molecule has 0 aromatic heterocycles. The monoisotopic (exact) mass is 223 g/mol. The molecule has 1 aromatic carbocycles. The van der Waals surface area contributed by atoms with Gasteiger partial charge in [-0.2, -0.15) is 0 Å². The van der Waals surface area contributed by atoms with Crippen LogP contribution in [-0.2, 0) is 4.74 Å². The van der Waals surface area contributed by atoms with Gasteiger partial charge in [-0.05, 0) is 32.9 Å². The van der Waals surface area contributed by atoms with E-state index in [1.807, 2.05) is 18.2 Å². The van der Waals surface area contributed by atoms with Gasteiger partial charge < -0.3 is 9.57 Å². The lowest BCUT2D eigenvalue weighted by Gasteiger charge is -2.24. The standard InChI is InChI=1S/C12H17NO3/c1-12(2,3)15-11(14)13(4)16-10-8-6-5-7-9-10/h5-9H,1-4H3. The molecule has 1 rings (SSSR count). The molecular formula is C12H17NO3. The molecule has 0 aliphatic carbocycles. The van der Waals surface area contributed by atoms with Crippen LogP contribution in [0.15, 0.2) is 30.3 Å². The van der Waals surface area contributed by atoms with E-state index in [2.05, 4.69) is 0 Å². The number of hydrogen-bond acceptors (Lipinski definition) is 3. The fourth-order valence-electron chi connectivity index (χ4n) is 1.00. The second-order valence-corrected chi connectivity index (χ2v) is 4.38. The Morgan fingerprint density at radius 3 is 2.25 bits per heavy atom. The Hall–Kier alpha value is -1.71. The number of para-hydroxylation sites is 1. The van der Waals surface area contributed by atoms with Crippen molar-refractivity contribution in [2.24, 2.45) is 0 Å². The van der Waals surface area contributed by atoms with Crippen LogP contribution in [0.3, 0.4) is 0 Å². The van der Waals surface area contributed by atoms with E-state index in [0.717, 1.165) is 5.06 Å². The molecule has 0 spiro atoms. The van der Waals surface area contributed by atoms with E-state index in [9.17, 15) is 4.79 Å². The van der Waals surface area contributed by atoms with Crippen molar-refractivity contribution in [3.8, 4) is 5.75 Å². The maximum atomic E-state index is 11.5. The lowest BCUT2D eigenvalue weighted by atomic mass is 10.2. The van der Waals surface area contributed by atoms with Crippen LogP contribution in [0.4, 0.5) is 4.79 Å². The highest BCUT2D eigenvalue weighted by molar-refractivity contribution is 5.66. The van der Waals surface area contributed by atoms with Crippen molar-refractivity contribution >= 4 is 6.09 Å². The first-order valence-electron chi connectivity index (χ1n) is 5.08. The minimum absolute atomic E-state index is 0.517. The predicted octanol–water partition coefficient (Wildman–Crippen LogP) is 2.85. The topological polar surface area (TPSA) is 38.8 Å². The molecule has 0 saturated carbocycles. The molecule has 88 valence electrons. The molecule has 0 atom stereocenters. The van der Waals surface area contributed by atoms with Gasteiger partial charge in [-0.3, -0.25) is 0 Å². The van der Waals surface area contributed by atoms with Crippen molar-refractivity contribution in [1.29, 1.82) is 0 Å². The van der Waals surface area contributed by atoms with Crippen LogP contribution in [-0.4, -0.2) is 23.8 Å². The van der Waals surface area contributed by atoms with Crippen molar-refractivity contribution in [3.05, 3.63) is 30.3 Å². The Morgan fingerprint density at radius 2 is 1.75 bits per heavy atom. The summed E-state index contributed by atoms with van der Waals surface area (Å²) in [6.45, 7) is 5.42. The van der Waals surface area contributed by atoms with Crippen LogP contribution in [0.5, 0.6) is 5.75 Å². The normalized spacial score (nSPS) is 10.8. The van der Waals surface area contributed by atoms with E-state index in [1.165, 1.54) is 7.05 Å². The molecule has 0 heterocycles. The third-order valence-electron chi connectivity index (χ3n) is 1.64. The lowest BCUT2D eigenvalue weighted by Crippen LogP contribution is -2.36. The van der Waals surface area contributed by atoms with Gasteiger partial charge in [-0.1, -0.05) is 18.2 Å². The third kappa shape index (κ3) is 4.21. The summed E-state index contributed by atoms with van der Waals surface area (Å²) >= 11 is 0. The first-order chi connectivity index (χ1) is 7.38. The highest BCUT2D eigenvalue weighted by Crippen LogP contribution is 2.13. The Labute approximate surface area is 95.7 Å². The highest BCUT2D eigenvalue weighted by atomic mass is 16.7. The SMILES string of the molecule is CN(Oc1ccccc1)C(=O)OC(C)(C)C. The van der Waals surface area contributed by atoms with Crippen LogP contribution in [0.1, 0.15) is 20.8 Å². The van der Waals surface area contributed by atoms with Gasteiger partial charge in [0, 0.05) is 0 Å². The summed E-state index contributed by atoms with van der Waals surface area (Å²) in [7, 11) is 1.51. The molecule has 0 N–H and O–H groups in total. The number of ether oxygens (including phenoxy) is 1. The Balaban J connectivity index is 2.53. The Kier molecular flexibility index (Phi) is 3.77. The number of benzene rings is 1. The zero-order valence-electron chi connectivity index (χ0n) is 10.1. The molecule has 0 unspecified atom stereocenters. The molecule has 0 aliphatic rings. The second kappa shape index (κ2) is 4.88. The summed E-state index contributed by atoms with van der Waals surface area (Å²) in [5.41, 5.74) is -0.522. The number of hydrogen-bond donors (Lipinski definition) is 0. The van der Waals surface area contributed by atoms with Crippen molar-refractivity contribution < 1.29 is 14.4 Å². The van der Waals surface area contributed by atoms with Crippen LogP contribution in [0.25, 0.3) is 0 Å². The fourth-order valence-corrected chi connectivity index (χ4v) is 1.00. The molecule has 4 heteroatoms. The predicted molar refractivity (Wildman–Crippen MR) is 61.1 cm³/mol. The zero-order valence-corrected chi connectivity index (χ0v) is 10.1. The number of amides is 1. The van der Waals surface area contributed by atoms with Crippen LogP contribution in [0.2, 0.25) is 0 Å². The molecule has 0 fully saturated rings. The lowest BCUT2D eigenvalue weighted by molar-refractivity contribution is -0.0564. The first-order valence-corrected chi connectivity index (χ1v) is 5.08. The van der Waals surface area contributed by atoms with Crippen LogP contribution >= 0.6 is 0 Å². The van der Waals surface area contributed by atoms with Crippen LogP contribution < -0.4 is 4.84 Å². The number of nitrogens with zero attached hydrogens (tertiary/aromatic N) is 1. The van der Waals surface area contributed by atoms with E-state index in [-0.39, 0.29) is 0 Å². The molecule has 0 bridgehead atoms. The van der Waals surface area contributed by atoms with Crippen LogP contribution in [0, 0.1) is 0 Å². The van der Waals surface area contributed by atoms with Gasteiger partial charge in [-0.25, -0.2) is 4.79 Å². The van der Waals surface area contributed by atoms with Crippen molar-refractivity contribution in [1.82, 2.24) is 5.06 Å². The molecule has 16 heavy (non-hydrogen) atoms. The van der Waals surface area contributed by atoms with Crippen molar-refractivity contribution in [3.63, 3.8) is 0 Å². The maximum absolute atomic E-state index is 11.5. The van der Waals surface area contributed by atoms with Gasteiger partial charge in [0.15, 0.2) is 5.75 Å². The van der Waals surface area contributed by atoms with Gasteiger partial charge in [-0.15, -0.1) is 5.06 Å². The number of carbonyl (C=O) groups excluding carboxylic acids is 1. The minimum Gasteiger partial charge on any atom is -0.442 e. The molecule has 1 amide bonds. The molecular weight excluding hydrogens is 206 g/mol. The number of carbonyl (C=O) groups is 1. The van der Waals surface area contributed by atoms with E-state index >= 15 is 0 Å². The van der Waals surface area contributed by atoms with Gasteiger partial charge in [0.25, 0.3) is 0 Å². The largest absolute Gasteiger partial charge is 0.443 e. The van der Waals surface area contributed by atoms with Crippen molar-refractivity contribution in [2.75, 3.05) is 7.05 Å². The maximum Gasteiger partial charge on any atom is 0.443 e. The van der Waals surface area contributed by atoms with E-state index < -0.39 is 11.7 Å². The summed E-state index contributed by atoms with van der Waals surface area (Å²) in [6.07, 6.45) is -0.517. The van der Waals surface area contributed by atoms with Gasteiger partial charge >= 0.3 is 6.09 Å². The quantitative estimate of drug-likeness (QED) is 0.724. The van der Waals surface area contributed by atoms with Gasteiger partial charge in [0.2, 0.25) is 0 Å². The summed E-state index contributed by atoms with van der Waals surface area (Å²) in [4.78, 5) is 16.8. The smallest absolute Gasteiger partial charge is 0.442 e. The number of rotatable bonds is 2. The summed E-state index contributed by atoms with van der Waals surface area (Å²) in [5, 5.41) is 1.07. The van der Waals surface area contributed by atoms with E-state index in [0.29, 0.717) is 5.75 Å². The number of hydroxylamine groups is 2. The highest BCUT2D eigenvalue weighted by Gasteiger charge is 2.20. The fraction of sp³-hybridized carbons (Fsp3) is 0.417. The molecule has 0 radical (unpaired) electrons. The first kappa shape index (κ1) is 12.4. The van der Waals surface area contributed by atoms with E-state index in [4.69, 9.17) is 9.57 Å². The average Bonchev–Trinajstić information content (AvgIpc) is 2.16. The molecule has 0 aliphatic heterocycles. The Morgan fingerprint density at radius 1 is 1.19 bits per heavy atom. The molecule has 4 nitrogen and oxygen atoms in total. The molecule has 0 saturated heterocycles.